The van der Waals surface area contributed by atoms with E-state index in [0.29, 0.717) is 13.2 Å². The summed E-state index contributed by atoms with van der Waals surface area (Å²) in [6.07, 6.45) is 1.64. The molecule has 0 aliphatic carbocycles. The van der Waals surface area contributed by atoms with Gasteiger partial charge in [0.05, 0.1) is 18.1 Å². The fourth-order valence-corrected chi connectivity index (χ4v) is 3.74. The summed E-state index contributed by atoms with van der Waals surface area (Å²) in [5.41, 5.74) is 0.973. The van der Waals surface area contributed by atoms with Gasteiger partial charge in [0.15, 0.2) is 5.79 Å². The number of anilines is 1. The first-order chi connectivity index (χ1) is 9.10. The Bertz CT molecular complexity index is 486. The Labute approximate surface area is 115 Å². The molecule has 0 unspecified atom stereocenters. The predicted octanol–water partition coefficient (Wildman–Crippen LogP) is 2.31. The second kappa shape index (κ2) is 4.73. The number of rotatable bonds is 2. The van der Waals surface area contributed by atoms with Crippen LogP contribution in [0.2, 0.25) is 0 Å². The summed E-state index contributed by atoms with van der Waals surface area (Å²) in [7, 11) is 0. The third-order valence-electron chi connectivity index (χ3n) is 3.68. The SMILES string of the molecule is Cc1cc([N+](=O)[O-])sc1N1CCC2(CC1)OCCO2. The van der Waals surface area contributed by atoms with Crippen LogP contribution in [0.4, 0.5) is 10.0 Å². The highest BCUT2D eigenvalue weighted by molar-refractivity contribution is 7.19. The molecule has 7 heteroatoms. The van der Waals surface area contributed by atoms with Crippen molar-refractivity contribution in [2.24, 2.45) is 0 Å². The minimum atomic E-state index is -0.395. The molecule has 2 aliphatic rings. The number of nitro groups is 1. The molecule has 0 amide bonds. The van der Waals surface area contributed by atoms with E-state index in [4.69, 9.17) is 9.47 Å². The fraction of sp³-hybridized carbons (Fsp3) is 0.667. The zero-order valence-corrected chi connectivity index (χ0v) is 11.6. The molecule has 1 aromatic rings. The van der Waals surface area contributed by atoms with E-state index in [1.54, 1.807) is 6.07 Å². The molecule has 0 N–H and O–H groups in total. The molecule has 1 aromatic heterocycles. The van der Waals surface area contributed by atoms with E-state index in [2.05, 4.69) is 4.90 Å². The minimum absolute atomic E-state index is 0.209. The molecule has 0 radical (unpaired) electrons. The normalized spacial score (nSPS) is 22.1. The number of nitrogens with zero attached hydrogens (tertiary/aromatic N) is 2. The lowest BCUT2D eigenvalue weighted by Gasteiger charge is -2.38. The molecule has 0 aromatic carbocycles. The molecule has 104 valence electrons. The van der Waals surface area contributed by atoms with Crippen LogP contribution in [-0.2, 0) is 9.47 Å². The third kappa shape index (κ3) is 2.33. The van der Waals surface area contributed by atoms with Gasteiger partial charge in [-0.15, -0.1) is 0 Å². The largest absolute Gasteiger partial charge is 0.363 e. The summed E-state index contributed by atoms with van der Waals surface area (Å²) >= 11 is 1.25. The van der Waals surface area contributed by atoms with Crippen molar-refractivity contribution in [3.8, 4) is 0 Å². The van der Waals surface area contributed by atoms with Gasteiger partial charge >= 0.3 is 5.00 Å². The lowest BCUT2D eigenvalue weighted by Crippen LogP contribution is -2.45. The highest BCUT2D eigenvalue weighted by atomic mass is 32.1. The summed E-state index contributed by atoms with van der Waals surface area (Å²) in [5, 5.41) is 12.0. The minimum Gasteiger partial charge on any atom is -0.363 e. The van der Waals surface area contributed by atoms with Crippen LogP contribution in [0.3, 0.4) is 0 Å². The maximum atomic E-state index is 10.8. The van der Waals surface area contributed by atoms with Crippen LogP contribution in [-0.4, -0.2) is 37.0 Å². The van der Waals surface area contributed by atoms with E-state index < -0.39 is 5.79 Å². The van der Waals surface area contributed by atoms with Crippen molar-refractivity contribution < 1.29 is 14.4 Å². The topological polar surface area (TPSA) is 64.8 Å². The van der Waals surface area contributed by atoms with E-state index in [9.17, 15) is 10.1 Å². The molecule has 2 saturated heterocycles. The van der Waals surface area contributed by atoms with Crippen molar-refractivity contribution in [2.45, 2.75) is 25.6 Å². The monoisotopic (exact) mass is 284 g/mol. The molecule has 2 aliphatic heterocycles. The Morgan fingerprint density at radius 3 is 2.53 bits per heavy atom. The fourth-order valence-electron chi connectivity index (χ4n) is 2.70. The van der Waals surface area contributed by atoms with E-state index >= 15 is 0 Å². The number of hydrogen-bond donors (Lipinski definition) is 0. The number of hydrogen-bond acceptors (Lipinski definition) is 6. The van der Waals surface area contributed by atoms with E-state index in [0.717, 1.165) is 36.5 Å². The van der Waals surface area contributed by atoms with Gasteiger partial charge in [0.25, 0.3) is 0 Å². The summed E-state index contributed by atoms with van der Waals surface area (Å²) < 4.78 is 11.4. The molecule has 0 atom stereocenters. The average Bonchev–Trinajstić information content (AvgIpc) is 2.98. The third-order valence-corrected chi connectivity index (χ3v) is 4.93. The molecule has 0 bridgehead atoms. The zero-order valence-electron chi connectivity index (χ0n) is 10.8. The second-order valence-electron chi connectivity index (χ2n) is 4.92. The van der Waals surface area contributed by atoms with Crippen LogP contribution < -0.4 is 4.90 Å². The average molecular weight is 284 g/mol. The smallest absolute Gasteiger partial charge is 0.326 e. The van der Waals surface area contributed by atoms with Crippen molar-refractivity contribution in [1.82, 2.24) is 0 Å². The van der Waals surface area contributed by atoms with Gasteiger partial charge in [-0.05, 0) is 23.8 Å². The van der Waals surface area contributed by atoms with Crippen LogP contribution in [0.5, 0.6) is 0 Å². The highest BCUT2D eigenvalue weighted by Gasteiger charge is 2.40. The number of thiophene rings is 1. The second-order valence-corrected chi connectivity index (χ2v) is 5.93. The van der Waals surface area contributed by atoms with Crippen molar-refractivity contribution in [3.63, 3.8) is 0 Å². The predicted molar refractivity (Wildman–Crippen MR) is 71.8 cm³/mol. The lowest BCUT2D eigenvalue weighted by molar-refractivity contribution is -0.380. The Balaban J connectivity index is 1.72. The van der Waals surface area contributed by atoms with Crippen molar-refractivity contribution >= 4 is 21.3 Å². The first-order valence-electron chi connectivity index (χ1n) is 6.37. The van der Waals surface area contributed by atoms with Crippen LogP contribution >= 0.6 is 11.3 Å². The van der Waals surface area contributed by atoms with Gasteiger partial charge in [-0.1, -0.05) is 0 Å². The van der Waals surface area contributed by atoms with E-state index in [-0.39, 0.29) is 9.92 Å². The maximum Gasteiger partial charge on any atom is 0.326 e. The summed E-state index contributed by atoms with van der Waals surface area (Å²) in [6.45, 7) is 4.90. The van der Waals surface area contributed by atoms with Gasteiger partial charge in [0, 0.05) is 32.0 Å². The van der Waals surface area contributed by atoms with Gasteiger partial charge in [-0.3, -0.25) is 10.1 Å². The van der Waals surface area contributed by atoms with Gasteiger partial charge in [-0.2, -0.15) is 0 Å². The maximum absolute atomic E-state index is 10.8. The highest BCUT2D eigenvalue weighted by Crippen LogP contribution is 2.39. The Morgan fingerprint density at radius 1 is 1.37 bits per heavy atom. The Kier molecular flexibility index (Phi) is 3.20. The quantitative estimate of drug-likeness (QED) is 0.616. The standard InChI is InChI=1S/C12H16N2O4S/c1-9-8-10(14(15)16)19-11(9)13-4-2-12(3-5-13)17-6-7-18-12/h8H,2-7H2,1H3. The van der Waals surface area contributed by atoms with Crippen LogP contribution in [0.15, 0.2) is 6.07 Å². The molecule has 0 saturated carbocycles. The molecule has 6 nitrogen and oxygen atoms in total. The lowest BCUT2D eigenvalue weighted by atomic mass is 10.0. The van der Waals surface area contributed by atoms with Crippen molar-refractivity contribution in [2.75, 3.05) is 31.2 Å². The van der Waals surface area contributed by atoms with Gasteiger partial charge in [-0.25, -0.2) is 0 Å². The van der Waals surface area contributed by atoms with Crippen LogP contribution in [0, 0.1) is 17.0 Å². The molecule has 2 fully saturated rings. The number of ether oxygens (including phenoxy) is 2. The summed E-state index contributed by atoms with van der Waals surface area (Å²) in [6, 6.07) is 1.65. The molecule has 1 spiro atoms. The van der Waals surface area contributed by atoms with Gasteiger partial charge in [0.1, 0.15) is 5.00 Å². The molecular formula is C12H16N2O4S. The molecule has 19 heavy (non-hydrogen) atoms. The van der Waals surface area contributed by atoms with Crippen LogP contribution in [0.1, 0.15) is 18.4 Å². The van der Waals surface area contributed by atoms with Crippen molar-refractivity contribution in [1.29, 1.82) is 0 Å². The molecular weight excluding hydrogens is 268 g/mol. The number of piperidine rings is 1. The molecule has 3 heterocycles. The van der Waals surface area contributed by atoms with Gasteiger partial charge < -0.3 is 14.4 Å². The van der Waals surface area contributed by atoms with Crippen LogP contribution in [0.25, 0.3) is 0 Å². The zero-order chi connectivity index (χ0) is 13.5. The van der Waals surface area contributed by atoms with E-state index in [1.165, 1.54) is 11.3 Å². The van der Waals surface area contributed by atoms with Gasteiger partial charge in [0.2, 0.25) is 0 Å². The first kappa shape index (κ1) is 12.8. The number of aryl methyl sites for hydroxylation is 1. The van der Waals surface area contributed by atoms with Crippen molar-refractivity contribution in [3.05, 3.63) is 21.7 Å². The summed E-state index contributed by atoms with van der Waals surface area (Å²) in [5.74, 6) is -0.395. The van der Waals surface area contributed by atoms with E-state index in [1.807, 2.05) is 6.92 Å². The molecule has 3 rings (SSSR count). The first-order valence-corrected chi connectivity index (χ1v) is 7.19. The Morgan fingerprint density at radius 2 is 2.00 bits per heavy atom. The Hall–Kier alpha value is -1.18. The summed E-state index contributed by atoms with van der Waals surface area (Å²) in [4.78, 5) is 12.7.